The van der Waals surface area contributed by atoms with E-state index in [-0.39, 0.29) is 24.6 Å². The summed E-state index contributed by atoms with van der Waals surface area (Å²) >= 11 is 0. The Hall–Kier alpha value is -4.20. The zero-order chi connectivity index (χ0) is 21.6. The fraction of sp³-hybridized carbons (Fsp3) is 0.130. The maximum atomic E-state index is 12.5. The van der Waals surface area contributed by atoms with Crippen LogP contribution in [-0.4, -0.2) is 33.2 Å². The number of carbonyl (C=O) groups excluding carboxylic acids is 2. The van der Waals surface area contributed by atoms with Crippen LogP contribution in [0.25, 0.3) is 17.1 Å². The molecule has 0 bridgehead atoms. The van der Waals surface area contributed by atoms with Crippen LogP contribution in [0.5, 0.6) is 0 Å². The van der Waals surface area contributed by atoms with Gasteiger partial charge in [0.25, 0.3) is 0 Å². The number of nitrogens with one attached hydrogen (secondary N) is 1. The van der Waals surface area contributed by atoms with Gasteiger partial charge in [-0.25, -0.2) is 14.5 Å². The predicted molar refractivity (Wildman–Crippen MR) is 114 cm³/mol. The highest BCUT2D eigenvalue weighted by Gasteiger charge is 2.13. The van der Waals surface area contributed by atoms with E-state index in [1.54, 1.807) is 42.1 Å². The molecule has 8 nitrogen and oxygen atoms in total. The Morgan fingerprint density at radius 1 is 1.10 bits per heavy atom. The summed E-state index contributed by atoms with van der Waals surface area (Å²) in [5.74, 6) is -0.229. The van der Waals surface area contributed by atoms with Crippen LogP contribution in [0.3, 0.4) is 0 Å². The minimum absolute atomic E-state index is 0.0787. The first kappa shape index (κ1) is 20.1. The molecule has 156 valence electrons. The molecule has 0 saturated heterocycles. The summed E-state index contributed by atoms with van der Waals surface area (Å²) in [5.41, 5.74) is 2.90. The third-order valence-electron chi connectivity index (χ3n) is 4.38. The normalized spacial score (nSPS) is 10.6. The monoisotopic (exact) mass is 416 g/mol. The van der Waals surface area contributed by atoms with Crippen LogP contribution >= 0.6 is 0 Å². The first-order valence-electron chi connectivity index (χ1n) is 9.75. The highest BCUT2D eigenvalue weighted by Crippen LogP contribution is 2.19. The van der Waals surface area contributed by atoms with E-state index >= 15 is 0 Å². The summed E-state index contributed by atoms with van der Waals surface area (Å²) in [4.78, 5) is 28.6. The van der Waals surface area contributed by atoms with E-state index in [2.05, 4.69) is 15.4 Å². The van der Waals surface area contributed by atoms with Crippen LogP contribution in [0.2, 0.25) is 0 Å². The molecular formula is C23H20N4O4. The highest BCUT2D eigenvalue weighted by atomic mass is 16.5. The Balaban J connectivity index is 1.42. The van der Waals surface area contributed by atoms with Crippen molar-refractivity contribution in [3.63, 3.8) is 0 Å². The minimum Gasteiger partial charge on any atom is -0.461 e. The Bertz CT molecular complexity index is 1200. The highest BCUT2D eigenvalue weighted by molar-refractivity contribution is 5.92. The number of oxazole rings is 1. The summed E-state index contributed by atoms with van der Waals surface area (Å²) in [6, 6.07) is 18.2. The number of ether oxygens (including phenoxy) is 1. The Kier molecular flexibility index (Phi) is 5.89. The first-order valence-corrected chi connectivity index (χ1v) is 9.75. The van der Waals surface area contributed by atoms with Gasteiger partial charge in [-0.3, -0.25) is 4.79 Å². The van der Waals surface area contributed by atoms with E-state index in [1.165, 1.54) is 6.26 Å². The van der Waals surface area contributed by atoms with Gasteiger partial charge >= 0.3 is 5.97 Å². The van der Waals surface area contributed by atoms with Crippen LogP contribution in [0, 0.1) is 0 Å². The van der Waals surface area contributed by atoms with Gasteiger partial charge in [-0.2, -0.15) is 5.10 Å². The second-order valence-corrected chi connectivity index (χ2v) is 6.65. The van der Waals surface area contributed by atoms with Crippen LogP contribution in [-0.2, 0) is 16.0 Å². The van der Waals surface area contributed by atoms with Crippen molar-refractivity contribution < 1.29 is 18.7 Å². The molecular weight excluding hydrogens is 396 g/mol. The lowest BCUT2D eigenvalue weighted by Crippen LogP contribution is -2.14. The number of carbonyl (C=O) groups is 2. The number of rotatable bonds is 7. The zero-order valence-electron chi connectivity index (χ0n) is 16.8. The molecule has 2 aromatic carbocycles. The van der Waals surface area contributed by atoms with Gasteiger partial charge in [0.2, 0.25) is 11.8 Å². The third-order valence-corrected chi connectivity index (χ3v) is 4.38. The van der Waals surface area contributed by atoms with E-state index in [9.17, 15) is 9.59 Å². The molecule has 2 aromatic heterocycles. The zero-order valence-corrected chi connectivity index (χ0v) is 16.8. The molecule has 0 radical (unpaired) electrons. The van der Waals surface area contributed by atoms with Gasteiger partial charge in [0.05, 0.1) is 24.4 Å². The predicted octanol–water partition coefficient (Wildman–Crippen LogP) is 3.89. The quantitative estimate of drug-likeness (QED) is 0.459. The summed E-state index contributed by atoms with van der Waals surface area (Å²) < 4.78 is 12.0. The Labute approximate surface area is 178 Å². The standard InChI is InChI=1S/C23H20N4O4/c1-2-30-23(29)20-11-12-27(26-20)19-10-6-9-17(13-19)24-21(28)14-18-15-31-22(25-18)16-7-4-3-5-8-16/h3-13,15H,2,14H2,1H3,(H,24,28). The van der Waals surface area contributed by atoms with Gasteiger partial charge in [-0.15, -0.1) is 0 Å². The van der Waals surface area contributed by atoms with Crippen molar-refractivity contribution in [2.75, 3.05) is 11.9 Å². The maximum absolute atomic E-state index is 12.5. The fourth-order valence-corrected chi connectivity index (χ4v) is 2.98. The van der Waals surface area contributed by atoms with Crippen molar-refractivity contribution in [1.82, 2.24) is 14.8 Å². The molecule has 0 aliphatic heterocycles. The van der Waals surface area contributed by atoms with Crippen LogP contribution in [0.1, 0.15) is 23.1 Å². The summed E-state index contributed by atoms with van der Waals surface area (Å²) in [6.07, 6.45) is 3.22. The molecule has 0 saturated carbocycles. The van der Waals surface area contributed by atoms with Crippen molar-refractivity contribution >= 4 is 17.6 Å². The van der Waals surface area contributed by atoms with Gasteiger partial charge in [0, 0.05) is 17.4 Å². The van der Waals surface area contributed by atoms with E-state index < -0.39 is 5.97 Å². The topological polar surface area (TPSA) is 99.2 Å². The van der Waals surface area contributed by atoms with Crippen molar-refractivity contribution in [2.45, 2.75) is 13.3 Å². The first-order chi connectivity index (χ1) is 15.1. The molecule has 31 heavy (non-hydrogen) atoms. The number of amides is 1. The molecule has 0 atom stereocenters. The van der Waals surface area contributed by atoms with Crippen LogP contribution in [0.15, 0.2) is 77.5 Å². The lowest BCUT2D eigenvalue weighted by Gasteiger charge is -2.07. The van der Waals surface area contributed by atoms with Crippen LogP contribution in [0.4, 0.5) is 5.69 Å². The average Bonchev–Trinajstić information content (AvgIpc) is 3.45. The van der Waals surface area contributed by atoms with Crippen molar-refractivity contribution in [3.8, 4) is 17.1 Å². The lowest BCUT2D eigenvalue weighted by molar-refractivity contribution is -0.115. The molecule has 0 unspecified atom stereocenters. The Morgan fingerprint density at radius 2 is 1.94 bits per heavy atom. The molecule has 1 amide bonds. The van der Waals surface area contributed by atoms with Gasteiger partial charge < -0.3 is 14.5 Å². The molecule has 0 fully saturated rings. The van der Waals surface area contributed by atoms with E-state index in [4.69, 9.17) is 9.15 Å². The third kappa shape index (κ3) is 4.87. The molecule has 8 heteroatoms. The van der Waals surface area contributed by atoms with Gasteiger partial charge in [-0.1, -0.05) is 24.3 Å². The van der Waals surface area contributed by atoms with Crippen molar-refractivity contribution in [2.24, 2.45) is 0 Å². The van der Waals surface area contributed by atoms with Gasteiger partial charge in [-0.05, 0) is 43.3 Å². The van der Waals surface area contributed by atoms with Gasteiger partial charge in [0.15, 0.2) is 5.69 Å². The second-order valence-electron chi connectivity index (χ2n) is 6.65. The number of anilines is 1. The molecule has 2 heterocycles. The SMILES string of the molecule is CCOC(=O)c1ccn(-c2cccc(NC(=O)Cc3coc(-c4ccccc4)n3)c2)n1. The fourth-order valence-electron chi connectivity index (χ4n) is 2.98. The molecule has 0 spiro atoms. The summed E-state index contributed by atoms with van der Waals surface area (Å²) in [6.45, 7) is 2.02. The van der Waals surface area contributed by atoms with E-state index in [1.807, 2.05) is 36.4 Å². The van der Waals surface area contributed by atoms with E-state index in [0.29, 0.717) is 23.0 Å². The smallest absolute Gasteiger partial charge is 0.358 e. The Morgan fingerprint density at radius 3 is 2.74 bits per heavy atom. The number of nitrogens with zero attached hydrogens (tertiary/aromatic N) is 3. The lowest BCUT2D eigenvalue weighted by atomic mass is 10.2. The number of hydrogen-bond acceptors (Lipinski definition) is 6. The number of esters is 1. The largest absolute Gasteiger partial charge is 0.461 e. The van der Waals surface area contributed by atoms with Crippen molar-refractivity contribution in [3.05, 3.63) is 84.5 Å². The second kappa shape index (κ2) is 9.08. The molecule has 0 aliphatic carbocycles. The minimum atomic E-state index is -0.479. The number of hydrogen-bond donors (Lipinski definition) is 1. The van der Waals surface area contributed by atoms with Gasteiger partial charge in [0.1, 0.15) is 6.26 Å². The average molecular weight is 416 g/mol. The van der Waals surface area contributed by atoms with Crippen LogP contribution < -0.4 is 5.32 Å². The molecule has 4 rings (SSSR count). The molecule has 1 N–H and O–H groups in total. The van der Waals surface area contributed by atoms with Crippen molar-refractivity contribution in [1.29, 1.82) is 0 Å². The maximum Gasteiger partial charge on any atom is 0.358 e. The summed E-state index contributed by atoms with van der Waals surface area (Å²) in [5, 5.41) is 7.07. The molecule has 0 aliphatic rings. The number of benzene rings is 2. The summed E-state index contributed by atoms with van der Waals surface area (Å²) in [7, 11) is 0. The number of aromatic nitrogens is 3. The molecule has 4 aromatic rings. The van der Waals surface area contributed by atoms with E-state index in [0.717, 1.165) is 5.56 Å².